The number of carbonyl (C=O) groups excluding carboxylic acids is 1. The van der Waals surface area contributed by atoms with Gasteiger partial charge in [0.1, 0.15) is 23.5 Å². The maximum Gasteiger partial charge on any atom is 0.341 e. The van der Waals surface area contributed by atoms with Gasteiger partial charge in [0.25, 0.3) is 0 Å². The van der Waals surface area contributed by atoms with Gasteiger partial charge in [-0.05, 0) is 43.2 Å². The van der Waals surface area contributed by atoms with Crippen molar-refractivity contribution in [2.45, 2.75) is 13.3 Å². The number of benzene rings is 2. The van der Waals surface area contributed by atoms with E-state index in [4.69, 9.17) is 30.8 Å². The Labute approximate surface area is 202 Å². The smallest absolute Gasteiger partial charge is 0.341 e. The number of fused-ring (bicyclic) bond motifs is 1. The molecule has 9 heteroatoms. The average Bonchev–Trinajstić information content (AvgIpc) is 3.26. The number of aromatic nitrogens is 3. The molecule has 2 heterocycles. The Kier molecular flexibility index (Phi) is 7.18. The van der Waals surface area contributed by atoms with E-state index in [-0.39, 0.29) is 6.61 Å². The molecule has 0 spiro atoms. The summed E-state index contributed by atoms with van der Waals surface area (Å²) in [6, 6.07) is 14.8. The van der Waals surface area contributed by atoms with Crippen molar-refractivity contribution in [2.24, 2.45) is 0 Å². The Morgan fingerprint density at radius 2 is 1.88 bits per heavy atom. The molecule has 0 unspecified atom stereocenters. The summed E-state index contributed by atoms with van der Waals surface area (Å²) in [5.41, 5.74) is 2.96. The van der Waals surface area contributed by atoms with Crippen molar-refractivity contribution in [2.75, 3.05) is 32.7 Å². The van der Waals surface area contributed by atoms with Crippen LogP contribution >= 0.6 is 11.6 Å². The van der Waals surface area contributed by atoms with Crippen molar-refractivity contribution in [1.29, 1.82) is 0 Å². The van der Waals surface area contributed by atoms with E-state index < -0.39 is 5.97 Å². The third kappa shape index (κ3) is 4.92. The summed E-state index contributed by atoms with van der Waals surface area (Å²) in [6.07, 6.45) is 2.38. The maximum atomic E-state index is 12.5. The number of nitrogens with zero attached hydrogens (tertiary/aromatic N) is 3. The van der Waals surface area contributed by atoms with Crippen LogP contribution in [0.1, 0.15) is 22.8 Å². The fourth-order valence-corrected chi connectivity index (χ4v) is 3.84. The van der Waals surface area contributed by atoms with Gasteiger partial charge in [0.15, 0.2) is 11.5 Å². The Morgan fingerprint density at radius 3 is 2.62 bits per heavy atom. The van der Waals surface area contributed by atoms with Gasteiger partial charge in [-0.25, -0.2) is 14.8 Å². The van der Waals surface area contributed by atoms with Gasteiger partial charge in [-0.2, -0.15) is 0 Å². The number of halogens is 1. The monoisotopic (exact) mass is 480 g/mol. The van der Waals surface area contributed by atoms with Crippen LogP contribution < -0.4 is 14.8 Å². The molecule has 4 rings (SSSR count). The quantitative estimate of drug-likeness (QED) is 0.340. The molecule has 0 saturated heterocycles. The van der Waals surface area contributed by atoms with Crippen molar-refractivity contribution in [3.8, 4) is 17.3 Å². The van der Waals surface area contributed by atoms with Gasteiger partial charge in [-0.15, -0.1) is 0 Å². The summed E-state index contributed by atoms with van der Waals surface area (Å²) in [5.74, 6) is 1.76. The minimum atomic E-state index is -0.436. The lowest BCUT2D eigenvalue weighted by Crippen LogP contribution is -2.14. The maximum absolute atomic E-state index is 12.5. The molecule has 0 bridgehead atoms. The Hall–Kier alpha value is -3.78. The van der Waals surface area contributed by atoms with Crippen LogP contribution in [-0.2, 0) is 11.2 Å². The van der Waals surface area contributed by atoms with Crippen LogP contribution in [0.2, 0.25) is 5.02 Å². The molecule has 0 saturated carbocycles. The van der Waals surface area contributed by atoms with Crippen molar-refractivity contribution < 1.29 is 19.0 Å². The molecule has 0 amide bonds. The number of nitrogens with one attached hydrogen (secondary N) is 1. The molecule has 0 aliphatic rings. The number of pyridine rings is 1. The van der Waals surface area contributed by atoms with Crippen LogP contribution in [0.3, 0.4) is 0 Å². The first-order valence-corrected chi connectivity index (χ1v) is 11.2. The van der Waals surface area contributed by atoms with Gasteiger partial charge in [0.05, 0.1) is 31.9 Å². The van der Waals surface area contributed by atoms with E-state index in [0.717, 1.165) is 16.6 Å². The fourth-order valence-electron chi connectivity index (χ4n) is 3.63. The van der Waals surface area contributed by atoms with Gasteiger partial charge >= 0.3 is 5.97 Å². The Balaban J connectivity index is 1.68. The summed E-state index contributed by atoms with van der Waals surface area (Å²) in [6.45, 7) is 2.60. The molecule has 176 valence electrons. The third-order valence-corrected chi connectivity index (χ3v) is 5.51. The molecule has 2 aromatic heterocycles. The van der Waals surface area contributed by atoms with E-state index in [9.17, 15) is 4.79 Å². The fraction of sp³-hybridized carbons (Fsp3) is 0.240. The van der Waals surface area contributed by atoms with Crippen molar-refractivity contribution in [3.63, 3.8) is 0 Å². The molecule has 8 nitrogen and oxygen atoms in total. The van der Waals surface area contributed by atoms with Crippen LogP contribution in [0.5, 0.6) is 11.5 Å². The van der Waals surface area contributed by atoms with E-state index in [1.165, 1.54) is 0 Å². The lowest BCUT2D eigenvalue weighted by Gasteiger charge is -2.13. The SMILES string of the molecule is CCOC(=O)c1ccc(-n2cnc3cc(OC)c(OC)cc32)nc1NCCc1cccc(Cl)c1. The first-order valence-electron chi connectivity index (χ1n) is 10.8. The number of esters is 1. The summed E-state index contributed by atoms with van der Waals surface area (Å²) < 4.78 is 17.9. The second kappa shape index (κ2) is 10.4. The first-order chi connectivity index (χ1) is 16.5. The second-order valence-corrected chi connectivity index (χ2v) is 7.84. The van der Waals surface area contributed by atoms with Crippen molar-refractivity contribution in [3.05, 3.63) is 71.0 Å². The highest BCUT2D eigenvalue weighted by Gasteiger charge is 2.17. The molecule has 0 aliphatic carbocycles. The normalized spacial score (nSPS) is 10.8. The molecule has 4 aromatic rings. The summed E-state index contributed by atoms with van der Waals surface area (Å²) in [4.78, 5) is 21.7. The van der Waals surface area contributed by atoms with Crippen LogP contribution in [0.4, 0.5) is 5.82 Å². The topological polar surface area (TPSA) is 87.5 Å². The molecule has 0 atom stereocenters. The predicted octanol–water partition coefficient (Wildman–Crippen LogP) is 4.92. The Bertz CT molecular complexity index is 1320. The number of anilines is 1. The number of rotatable bonds is 9. The van der Waals surface area contributed by atoms with Gasteiger partial charge in [0.2, 0.25) is 0 Å². The zero-order valence-electron chi connectivity index (χ0n) is 19.2. The number of ether oxygens (including phenoxy) is 3. The number of hydrogen-bond donors (Lipinski definition) is 1. The summed E-state index contributed by atoms with van der Waals surface area (Å²) in [7, 11) is 3.16. The standard InChI is InChI=1S/C25H25ClN4O4/c1-4-34-25(31)18-8-9-23(29-24(18)27-11-10-16-6-5-7-17(26)12-16)30-15-28-19-13-21(32-2)22(33-3)14-20(19)30/h5-9,12-15H,4,10-11H2,1-3H3,(H,27,29). The van der Waals surface area contributed by atoms with E-state index in [1.807, 2.05) is 41.0 Å². The first kappa shape index (κ1) is 23.4. The molecule has 34 heavy (non-hydrogen) atoms. The molecular weight excluding hydrogens is 456 g/mol. The summed E-state index contributed by atoms with van der Waals surface area (Å²) in [5, 5.41) is 3.96. The molecule has 1 N–H and O–H groups in total. The third-order valence-electron chi connectivity index (χ3n) is 5.27. The zero-order valence-corrected chi connectivity index (χ0v) is 19.9. The van der Waals surface area contributed by atoms with Gasteiger partial charge in [0, 0.05) is 23.7 Å². The minimum Gasteiger partial charge on any atom is -0.493 e. The van der Waals surface area contributed by atoms with E-state index >= 15 is 0 Å². The largest absolute Gasteiger partial charge is 0.493 e. The number of hydrogen-bond acceptors (Lipinski definition) is 7. The lowest BCUT2D eigenvalue weighted by atomic mass is 10.1. The number of carbonyl (C=O) groups is 1. The Morgan fingerprint density at radius 1 is 1.09 bits per heavy atom. The minimum absolute atomic E-state index is 0.274. The van der Waals surface area contributed by atoms with Crippen LogP contribution in [0.25, 0.3) is 16.9 Å². The molecule has 0 fully saturated rings. The lowest BCUT2D eigenvalue weighted by molar-refractivity contribution is 0.0527. The van der Waals surface area contributed by atoms with E-state index in [0.29, 0.717) is 46.7 Å². The average molecular weight is 481 g/mol. The predicted molar refractivity (Wildman–Crippen MR) is 132 cm³/mol. The molecule has 2 aromatic carbocycles. The number of methoxy groups -OCH3 is 2. The highest BCUT2D eigenvalue weighted by Crippen LogP contribution is 2.32. The van der Waals surface area contributed by atoms with Gasteiger partial charge in [-0.1, -0.05) is 23.7 Å². The second-order valence-electron chi connectivity index (χ2n) is 7.40. The van der Waals surface area contributed by atoms with Gasteiger partial charge in [-0.3, -0.25) is 4.57 Å². The zero-order chi connectivity index (χ0) is 24.1. The van der Waals surface area contributed by atoms with Crippen molar-refractivity contribution in [1.82, 2.24) is 14.5 Å². The van der Waals surface area contributed by atoms with Crippen molar-refractivity contribution >= 4 is 34.4 Å². The van der Waals surface area contributed by atoms with E-state index in [1.54, 1.807) is 39.6 Å². The summed E-state index contributed by atoms with van der Waals surface area (Å²) >= 11 is 6.09. The van der Waals surface area contributed by atoms with Crippen LogP contribution in [-0.4, -0.2) is 47.9 Å². The number of imidazole rings is 1. The highest BCUT2D eigenvalue weighted by atomic mass is 35.5. The van der Waals surface area contributed by atoms with E-state index in [2.05, 4.69) is 10.3 Å². The van der Waals surface area contributed by atoms with Crippen LogP contribution in [0, 0.1) is 0 Å². The molecular formula is C25H25ClN4O4. The van der Waals surface area contributed by atoms with Gasteiger partial charge < -0.3 is 19.5 Å². The van der Waals surface area contributed by atoms with Crippen LogP contribution in [0.15, 0.2) is 54.9 Å². The highest BCUT2D eigenvalue weighted by molar-refractivity contribution is 6.30. The molecule has 0 aliphatic heterocycles. The molecule has 0 radical (unpaired) electrons.